The Bertz CT molecular complexity index is 646. The van der Waals surface area contributed by atoms with E-state index in [2.05, 4.69) is 38.1 Å². The number of hydrogen-bond acceptors (Lipinski definition) is 2. The molecule has 3 nitrogen and oxygen atoms in total. The first-order valence-corrected chi connectivity index (χ1v) is 6.13. The Morgan fingerprint density at radius 1 is 1.12 bits per heavy atom. The summed E-state index contributed by atoms with van der Waals surface area (Å²) in [7, 11) is 0. The van der Waals surface area contributed by atoms with Gasteiger partial charge in [-0.2, -0.15) is 5.10 Å². The van der Waals surface area contributed by atoms with Crippen LogP contribution in [-0.4, -0.2) is 14.8 Å². The molecular weight excluding hydrogens is 278 g/mol. The Kier molecular flexibility index (Phi) is 2.65. The number of rotatable bonds is 2. The molecule has 0 spiro atoms. The van der Waals surface area contributed by atoms with Gasteiger partial charge in [-0.15, -0.1) is 0 Å². The SMILES string of the molecule is Brc1cnc2c(cnn2Cc2ccccc2)c1. The molecule has 4 heteroatoms. The van der Waals surface area contributed by atoms with Crippen LogP contribution in [0.5, 0.6) is 0 Å². The Morgan fingerprint density at radius 3 is 2.76 bits per heavy atom. The minimum Gasteiger partial charge on any atom is -0.243 e. The molecule has 0 radical (unpaired) electrons. The van der Waals surface area contributed by atoms with Crippen molar-refractivity contribution >= 4 is 27.0 Å². The van der Waals surface area contributed by atoms with Gasteiger partial charge in [-0.3, -0.25) is 0 Å². The van der Waals surface area contributed by atoms with Crippen LogP contribution in [0.3, 0.4) is 0 Å². The third-order valence-corrected chi connectivity index (χ3v) is 3.05. The molecule has 0 fully saturated rings. The second-order valence-corrected chi connectivity index (χ2v) is 4.77. The van der Waals surface area contributed by atoms with Gasteiger partial charge in [0.1, 0.15) is 0 Å². The van der Waals surface area contributed by atoms with Gasteiger partial charge in [0.05, 0.1) is 12.7 Å². The second-order valence-electron chi connectivity index (χ2n) is 3.85. The maximum absolute atomic E-state index is 4.39. The third kappa shape index (κ3) is 2.08. The van der Waals surface area contributed by atoms with Crippen LogP contribution in [-0.2, 0) is 6.54 Å². The molecular formula is C13H10BrN3. The van der Waals surface area contributed by atoms with Crippen LogP contribution in [0.2, 0.25) is 0 Å². The van der Waals surface area contributed by atoms with Crippen molar-refractivity contribution in [2.24, 2.45) is 0 Å². The molecule has 0 aliphatic rings. The smallest absolute Gasteiger partial charge is 0.158 e. The van der Waals surface area contributed by atoms with Crippen molar-refractivity contribution in [3.05, 3.63) is 58.8 Å². The highest BCUT2D eigenvalue weighted by molar-refractivity contribution is 9.10. The molecule has 0 aliphatic carbocycles. The fraction of sp³-hybridized carbons (Fsp3) is 0.0769. The zero-order chi connectivity index (χ0) is 11.7. The summed E-state index contributed by atoms with van der Waals surface area (Å²) < 4.78 is 2.89. The van der Waals surface area contributed by atoms with E-state index in [1.54, 1.807) is 6.20 Å². The summed E-state index contributed by atoms with van der Waals surface area (Å²) in [6, 6.07) is 12.3. The average Bonchev–Trinajstić information content (AvgIpc) is 2.73. The fourth-order valence-corrected chi connectivity index (χ4v) is 2.17. The van der Waals surface area contributed by atoms with Gasteiger partial charge >= 0.3 is 0 Å². The third-order valence-electron chi connectivity index (χ3n) is 2.62. The number of pyridine rings is 1. The van der Waals surface area contributed by atoms with Crippen molar-refractivity contribution in [3.8, 4) is 0 Å². The van der Waals surface area contributed by atoms with E-state index >= 15 is 0 Å². The van der Waals surface area contributed by atoms with Crippen LogP contribution in [0, 0.1) is 0 Å². The summed E-state index contributed by atoms with van der Waals surface area (Å²) >= 11 is 3.41. The summed E-state index contributed by atoms with van der Waals surface area (Å²) in [6.45, 7) is 0.749. The maximum atomic E-state index is 4.39. The Hall–Kier alpha value is -1.68. The highest BCUT2D eigenvalue weighted by Gasteiger charge is 2.04. The van der Waals surface area contributed by atoms with E-state index in [0.717, 1.165) is 22.1 Å². The van der Waals surface area contributed by atoms with Gasteiger partial charge in [0.15, 0.2) is 5.65 Å². The molecule has 0 N–H and O–H groups in total. The number of benzene rings is 1. The van der Waals surface area contributed by atoms with Crippen molar-refractivity contribution in [1.29, 1.82) is 0 Å². The van der Waals surface area contributed by atoms with Crippen LogP contribution in [0.15, 0.2) is 53.3 Å². The molecule has 3 rings (SSSR count). The van der Waals surface area contributed by atoms with E-state index < -0.39 is 0 Å². The molecule has 2 aromatic heterocycles. The average molecular weight is 288 g/mol. The van der Waals surface area contributed by atoms with Gasteiger partial charge in [0.25, 0.3) is 0 Å². The van der Waals surface area contributed by atoms with E-state index in [0.29, 0.717) is 0 Å². The first kappa shape index (κ1) is 10.5. The number of nitrogens with zero attached hydrogens (tertiary/aromatic N) is 3. The Balaban J connectivity index is 2.01. The van der Waals surface area contributed by atoms with Gasteiger partial charge in [-0.25, -0.2) is 9.67 Å². The summed E-state index contributed by atoms with van der Waals surface area (Å²) in [5.74, 6) is 0. The first-order valence-electron chi connectivity index (χ1n) is 5.34. The predicted octanol–water partition coefficient (Wildman–Crippen LogP) is 3.24. The summed E-state index contributed by atoms with van der Waals surface area (Å²) in [6.07, 6.45) is 3.64. The predicted molar refractivity (Wildman–Crippen MR) is 70.8 cm³/mol. The second kappa shape index (κ2) is 4.30. The number of hydrogen-bond donors (Lipinski definition) is 0. The van der Waals surface area contributed by atoms with E-state index in [9.17, 15) is 0 Å². The van der Waals surface area contributed by atoms with Gasteiger partial charge in [-0.05, 0) is 27.6 Å². The molecule has 0 aliphatic heterocycles. The Labute approximate surface area is 107 Å². The quantitative estimate of drug-likeness (QED) is 0.724. The fourth-order valence-electron chi connectivity index (χ4n) is 1.82. The first-order chi connectivity index (χ1) is 8.33. The summed E-state index contributed by atoms with van der Waals surface area (Å²) in [5.41, 5.74) is 2.14. The van der Waals surface area contributed by atoms with Gasteiger partial charge in [0.2, 0.25) is 0 Å². The molecule has 84 valence electrons. The maximum Gasteiger partial charge on any atom is 0.158 e. The summed E-state index contributed by atoms with van der Waals surface area (Å²) in [5, 5.41) is 5.42. The molecule has 0 saturated carbocycles. The van der Waals surface area contributed by atoms with Crippen LogP contribution >= 0.6 is 15.9 Å². The zero-order valence-corrected chi connectivity index (χ0v) is 10.6. The van der Waals surface area contributed by atoms with Gasteiger partial charge < -0.3 is 0 Å². The lowest BCUT2D eigenvalue weighted by atomic mass is 10.2. The lowest BCUT2D eigenvalue weighted by Crippen LogP contribution is -2.02. The largest absolute Gasteiger partial charge is 0.243 e. The molecule has 0 bridgehead atoms. The number of aromatic nitrogens is 3. The van der Waals surface area contributed by atoms with Crippen molar-refractivity contribution in [2.45, 2.75) is 6.54 Å². The van der Waals surface area contributed by atoms with E-state index in [-0.39, 0.29) is 0 Å². The molecule has 17 heavy (non-hydrogen) atoms. The van der Waals surface area contributed by atoms with E-state index in [1.807, 2.05) is 35.1 Å². The Morgan fingerprint density at radius 2 is 1.94 bits per heavy atom. The molecule has 0 atom stereocenters. The van der Waals surface area contributed by atoms with Gasteiger partial charge in [-0.1, -0.05) is 30.3 Å². The lowest BCUT2D eigenvalue weighted by Gasteiger charge is -2.02. The topological polar surface area (TPSA) is 30.7 Å². The zero-order valence-electron chi connectivity index (χ0n) is 9.05. The molecule has 3 aromatic rings. The highest BCUT2D eigenvalue weighted by Crippen LogP contribution is 2.17. The van der Waals surface area contributed by atoms with Crippen LogP contribution < -0.4 is 0 Å². The van der Waals surface area contributed by atoms with Crippen LogP contribution in [0.1, 0.15) is 5.56 Å². The molecule has 2 heterocycles. The minimum absolute atomic E-state index is 0.749. The summed E-state index contributed by atoms with van der Waals surface area (Å²) in [4.78, 5) is 4.39. The molecule has 0 unspecified atom stereocenters. The van der Waals surface area contributed by atoms with Crippen LogP contribution in [0.25, 0.3) is 11.0 Å². The van der Waals surface area contributed by atoms with Crippen molar-refractivity contribution < 1.29 is 0 Å². The molecule has 0 amide bonds. The van der Waals surface area contributed by atoms with E-state index in [1.165, 1.54) is 5.56 Å². The van der Waals surface area contributed by atoms with Gasteiger partial charge in [0, 0.05) is 16.1 Å². The molecule has 1 aromatic carbocycles. The van der Waals surface area contributed by atoms with E-state index in [4.69, 9.17) is 0 Å². The van der Waals surface area contributed by atoms with Crippen molar-refractivity contribution in [2.75, 3.05) is 0 Å². The van der Waals surface area contributed by atoms with Crippen molar-refractivity contribution in [3.63, 3.8) is 0 Å². The lowest BCUT2D eigenvalue weighted by molar-refractivity contribution is 0.704. The minimum atomic E-state index is 0.749. The normalized spacial score (nSPS) is 10.9. The molecule has 0 saturated heterocycles. The monoisotopic (exact) mass is 287 g/mol. The standard InChI is InChI=1S/C13H10BrN3/c14-12-6-11-7-16-17(13(11)15-8-12)9-10-4-2-1-3-5-10/h1-8H,9H2. The van der Waals surface area contributed by atoms with Crippen molar-refractivity contribution in [1.82, 2.24) is 14.8 Å². The number of fused-ring (bicyclic) bond motifs is 1. The number of halogens is 1. The highest BCUT2D eigenvalue weighted by atomic mass is 79.9. The van der Waals surface area contributed by atoms with Crippen LogP contribution in [0.4, 0.5) is 0 Å².